The molecule has 2 saturated carbocycles. The number of piperidine rings is 1. The van der Waals surface area contributed by atoms with Crippen LogP contribution in [0.5, 0.6) is 5.75 Å². The number of aromatic amines is 1. The summed E-state index contributed by atoms with van der Waals surface area (Å²) < 4.78 is 8.08. The molecule has 2 aliphatic carbocycles. The maximum Gasteiger partial charge on any atom is 0.256 e. The Labute approximate surface area is 342 Å². The molecule has 2 saturated heterocycles. The summed E-state index contributed by atoms with van der Waals surface area (Å²) in [6.07, 6.45) is 9.28. The topological polar surface area (TPSA) is 141 Å². The van der Waals surface area contributed by atoms with Gasteiger partial charge in [-0.1, -0.05) is 71.0 Å². The summed E-state index contributed by atoms with van der Waals surface area (Å²) >= 11 is 1.43. The van der Waals surface area contributed by atoms with Gasteiger partial charge in [0.25, 0.3) is 5.91 Å². The number of amides is 4. The van der Waals surface area contributed by atoms with Crippen LogP contribution < -0.4 is 20.2 Å². The molecule has 0 bridgehead atoms. The second-order valence-electron chi connectivity index (χ2n) is 15.5. The number of nitrogens with zero attached hydrogens (tertiary/aromatic N) is 2. The predicted octanol–water partition coefficient (Wildman–Crippen LogP) is 7.65. The van der Waals surface area contributed by atoms with Gasteiger partial charge >= 0.3 is 0 Å². The van der Waals surface area contributed by atoms with E-state index in [1.807, 2.05) is 55.1 Å². The summed E-state index contributed by atoms with van der Waals surface area (Å²) in [5.74, 6) is 0.859. The highest BCUT2D eigenvalue weighted by molar-refractivity contribution is 7.98. The highest BCUT2D eigenvalue weighted by Gasteiger charge is 2.60. The molecule has 2 aromatic carbocycles. The van der Waals surface area contributed by atoms with Crippen molar-refractivity contribution in [3.63, 3.8) is 0 Å². The average Bonchev–Trinajstić information content (AvgIpc) is 4.14. The molecule has 4 aliphatic rings. The van der Waals surface area contributed by atoms with E-state index in [4.69, 9.17) is 4.74 Å². The quantitative estimate of drug-likeness (QED) is 0.134. The molecule has 11 nitrogen and oxygen atoms in total. The first kappa shape index (κ1) is 45.1. The summed E-state index contributed by atoms with van der Waals surface area (Å²) in [5, 5.41) is 4.09. The van der Waals surface area contributed by atoms with E-state index in [-0.39, 0.29) is 47.8 Å². The van der Waals surface area contributed by atoms with Gasteiger partial charge in [0.15, 0.2) is 5.43 Å². The molecule has 3 heterocycles. The molecule has 310 valence electrons. The van der Waals surface area contributed by atoms with Crippen LogP contribution in [0.2, 0.25) is 0 Å². The number of carbonyl (C=O) groups excluding carboxylic acids is 4. The van der Waals surface area contributed by atoms with Crippen LogP contribution in [0.1, 0.15) is 98.8 Å². The Bertz CT molecular complexity index is 1870. The second kappa shape index (κ2) is 21.8. The van der Waals surface area contributed by atoms with Crippen LogP contribution in [-0.4, -0.2) is 82.0 Å². The Kier molecular flexibility index (Phi) is 17.3. The number of benzene rings is 2. The molecule has 0 radical (unpaired) electrons. The largest absolute Gasteiger partial charge is 0.497 e. The van der Waals surface area contributed by atoms with Crippen molar-refractivity contribution in [3.8, 4) is 17.0 Å². The zero-order valence-electron chi connectivity index (χ0n) is 34.7. The van der Waals surface area contributed by atoms with E-state index < -0.39 is 11.6 Å². The number of rotatable bonds is 11. The third kappa shape index (κ3) is 12.7. The monoisotopic (exact) mass is 801 g/mol. The van der Waals surface area contributed by atoms with Crippen molar-refractivity contribution in [1.82, 2.24) is 24.8 Å². The molecule has 57 heavy (non-hydrogen) atoms. The molecule has 7 rings (SSSR count). The Hall–Kier alpha value is -4.58. The summed E-state index contributed by atoms with van der Waals surface area (Å²) in [5.41, 5.74) is 1.64. The lowest BCUT2D eigenvalue weighted by Gasteiger charge is -2.28. The zero-order chi connectivity index (χ0) is 41.5. The number of ether oxygens (including phenoxy) is 1. The predicted molar refractivity (Wildman–Crippen MR) is 231 cm³/mol. The van der Waals surface area contributed by atoms with Gasteiger partial charge in [-0.2, -0.15) is 0 Å². The standard InChI is InChI=1S/C23H34N4O4S.C16H13NO2.C4H10.C2H6/c1-2-16-15-23(16,22(31)25-32-17-8-9-17)24-21(30)18-7-6-14-27(18)20(29)11-10-19(28)26-12-4-3-5-13-26;1-19-12-7-8-13-15(9-12)17-14(10-16(13)18)11-5-3-2-4-6-11;1-4(2)3;1-2/h2,16-18H,1,3-15H2,(H,24,30)(H,25,31);2-10H,1H3,(H,17,18);4H,1-3H3;1-2H3/t16?,18-,23+;;;/m0.../s1. The fourth-order valence-corrected chi connectivity index (χ4v) is 7.71. The SMILES string of the molecule is C=CC1C[C@]1(NC(=O)[C@@H]1CCCN1C(=O)CCC(=O)N1CCCCC1)C(=O)NSC1CC1.CC.CC(C)C.COc1ccc2c(=O)cc(-c3ccccc3)[nH]c2c1. The van der Waals surface area contributed by atoms with Crippen LogP contribution in [0.25, 0.3) is 22.2 Å². The minimum absolute atomic E-state index is 0.00950. The van der Waals surface area contributed by atoms with E-state index in [1.54, 1.807) is 36.3 Å². The van der Waals surface area contributed by atoms with E-state index >= 15 is 0 Å². The summed E-state index contributed by atoms with van der Waals surface area (Å²) in [6.45, 7) is 16.4. The minimum Gasteiger partial charge on any atom is -0.497 e. The molecule has 3 aromatic rings. The van der Waals surface area contributed by atoms with Crippen LogP contribution >= 0.6 is 11.9 Å². The van der Waals surface area contributed by atoms with Crippen LogP contribution in [0.3, 0.4) is 0 Å². The van der Waals surface area contributed by atoms with Gasteiger partial charge in [-0.05, 0) is 86.9 Å². The molecule has 3 N–H and O–H groups in total. The van der Waals surface area contributed by atoms with E-state index in [1.165, 1.54) is 11.9 Å². The van der Waals surface area contributed by atoms with Gasteiger partial charge in [-0.15, -0.1) is 6.58 Å². The molecule has 1 unspecified atom stereocenters. The van der Waals surface area contributed by atoms with Gasteiger partial charge in [-0.25, -0.2) is 0 Å². The number of pyridine rings is 1. The Morgan fingerprint density at radius 3 is 2.21 bits per heavy atom. The maximum atomic E-state index is 13.1. The summed E-state index contributed by atoms with van der Waals surface area (Å²) in [6, 6.07) is 16.2. The number of hydrogen-bond donors (Lipinski definition) is 3. The fourth-order valence-electron chi connectivity index (χ4n) is 6.88. The average molecular weight is 802 g/mol. The molecular weight excluding hydrogens is 739 g/mol. The third-order valence-corrected chi connectivity index (χ3v) is 11.3. The number of nitrogens with one attached hydrogen (secondary N) is 3. The lowest BCUT2D eigenvalue weighted by atomic mass is 10.1. The first-order chi connectivity index (χ1) is 27.4. The van der Waals surface area contributed by atoms with E-state index in [2.05, 4.69) is 42.4 Å². The lowest BCUT2D eigenvalue weighted by Crippen LogP contribution is -2.55. The zero-order valence-corrected chi connectivity index (χ0v) is 35.6. The molecule has 4 fully saturated rings. The molecular formula is C45H63N5O6S. The van der Waals surface area contributed by atoms with Gasteiger partial charge in [0.05, 0.1) is 12.6 Å². The van der Waals surface area contributed by atoms with Crippen molar-refractivity contribution in [2.45, 2.75) is 116 Å². The first-order valence-electron chi connectivity index (χ1n) is 20.7. The van der Waals surface area contributed by atoms with Gasteiger partial charge in [0.1, 0.15) is 17.3 Å². The van der Waals surface area contributed by atoms with E-state index in [0.717, 1.165) is 80.1 Å². The van der Waals surface area contributed by atoms with Gasteiger partial charge in [0.2, 0.25) is 17.7 Å². The van der Waals surface area contributed by atoms with Crippen LogP contribution in [-0.2, 0) is 19.2 Å². The van der Waals surface area contributed by atoms with Crippen molar-refractivity contribution < 1.29 is 23.9 Å². The number of likely N-dealkylation sites (tertiary alicyclic amines) is 2. The van der Waals surface area contributed by atoms with Crippen LogP contribution in [0.4, 0.5) is 0 Å². The number of methoxy groups -OCH3 is 1. The van der Waals surface area contributed by atoms with Gasteiger partial charge in [0, 0.05) is 66.9 Å². The van der Waals surface area contributed by atoms with Crippen molar-refractivity contribution in [2.75, 3.05) is 26.7 Å². The Morgan fingerprint density at radius 2 is 1.60 bits per heavy atom. The third-order valence-electron chi connectivity index (χ3n) is 10.2. The normalized spacial score (nSPS) is 20.8. The van der Waals surface area contributed by atoms with Gasteiger partial charge < -0.3 is 24.8 Å². The van der Waals surface area contributed by atoms with Crippen LogP contribution in [0.15, 0.2) is 72.0 Å². The lowest BCUT2D eigenvalue weighted by molar-refractivity contribution is -0.141. The van der Waals surface area contributed by atoms with Crippen molar-refractivity contribution in [1.29, 1.82) is 0 Å². The number of fused-ring (bicyclic) bond motifs is 1. The van der Waals surface area contributed by atoms with E-state index in [0.29, 0.717) is 30.0 Å². The molecule has 0 spiro atoms. The van der Waals surface area contributed by atoms with Crippen LogP contribution in [0, 0.1) is 11.8 Å². The number of H-pyrrole nitrogens is 1. The molecule has 2 aliphatic heterocycles. The highest BCUT2D eigenvalue weighted by atomic mass is 32.2. The molecule has 1 aromatic heterocycles. The summed E-state index contributed by atoms with van der Waals surface area (Å²) in [4.78, 5) is 70.0. The van der Waals surface area contributed by atoms with Crippen molar-refractivity contribution in [2.24, 2.45) is 11.8 Å². The fraction of sp³-hybridized carbons (Fsp3) is 0.533. The van der Waals surface area contributed by atoms with E-state index in [9.17, 15) is 24.0 Å². The number of aromatic nitrogens is 1. The summed E-state index contributed by atoms with van der Waals surface area (Å²) in [7, 11) is 1.61. The smallest absolute Gasteiger partial charge is 0.256 e. The van der Waals surface area contributed by atoms with Crippen molar-refractivity contribution in [3.05, 3.63) is 77.5 Å². The van der Waals surface area contributed by atoms with Gasteiger partial charge in [-0.3, -0.25) is 28.7 Å². The Balaban J connectivity index is 0.000000243. The second-order valence-corrected chi connectivity index (χ2v) is 16.6. The first-order valence-corrected chi connectivity index (χ1v) is 21.6. The number of carbonyl (C=O) groups is 4. The molecule has 4 amide bonds. The maximum absolute atomic E-state index is 13.1. The highest BCUT2D eigenvalue weighted by Crippen LogP contribution is 2.46. The minimum atomic E-state index is -0.956. The molecule has 12 heteroatoms. The number of hydrogen-bond acceptors (Lipinski definition) is 7. The Morgan fingerprint density at radius 1 is 0.930 bits per heavy atom. The van der Waals surface area contributed by atoms with Crippen molar-refractivity contribution >= 4 is 46.5 Å². The molecule has 3 atom stereocenters.